The maximum atomic E-state index is 4.71. The number of amidine groups is 1. The zero-order valence-corrected chi connectivity index (χ0v) is 18.8. The summed E-state index contributed by atoms with van der Waals surface area (Å²) in [5.41, 5.74) is 9.16. The van der Waals surface area contributed by atoms with Crippen molar-refractivity contribution in [1.29, 1.82) is 0 Å². The van der Waals surface area contributed by atoms with E-state index in [2.05, 4.69) is 91.1 Å². The normalized spacial score (nSPS) is 15.6. The van der Waals surface area contributed by atoms with Crippen LogP contribution in [0.5, 0.6) is 0 Å². The summed E-state index contributed by atoms with van der Waals surface area (Å²) in [6, 6.07) is 26.7. The minimum absolute atomic E-state index is 0. The maximum absolute atomic E-state index is 4.71. The molecule has 0 amide bonds. The van der Waals surface area contributed by atoms with Crippen LogP contribution in [-0.2, 0) is 0 Å². The molecule has 2 nitrogen and oxygen atoms in total. The SMILES string of the molecule is CC(NC1=NCCCCC1)c1ccc(C=C2c3ccccc3-c3ccccc32)cc1.Cl. The summed E-state index contributed by atoms with van der Waals surface area (Å²) in [6.45, 7) is 3.19. The zero-order valence-electron chi connectivity index (χ0n) is 18.0. The molecule has 3 aromatic rings. The van der Waals surface area contributed by atoms with E-state index in [-0.39, 0.29) is 18.4 Å². The molecule has 0 saturated carbocycles. The number of nitrogens with zero attached hydrogens (tertiary/aromatic N) is 1. The average Bonchev–Trinajstić information content (AvgIpc) is 2.92. The molecule has 2 aliphatic rings. The Bertz CT molecular complexity index is 1060. The summed E-state index contributed by atoms with van der Waals surface area (Å²) in [4.78, 5) is 4.71. The topological polar surface area (TPSA) is 24.4 Å². The van der Waals surface area contributed by atoms with Crippen LogP contribution in [0.3, 0.4) is 0 Å². The quantitative estimate of drug-likeness (QED) is 0.363. The maximum Gasteiger partial charge on any atom is 0.0967 e. The molecule has 0 bridgehead atoms. The van der Waals surface area contributed by atoms with Crippen LogP contribution in [0.2, 0.25) is 0 Å². The van der Waals surface area contributed by atoms with Crippen LogP contribution in [0.4, 0.5) is 0 Å². The van der Waals surface area contributed by atoms with E-state index in [1.165, 1.54) is 64.1 Å². The summed E-state index contributed by atoms with van der Waals surface area (Å²) in [7, 11) is 0. The Balaban J connectivity index is 0.00000231. The van der Waals surface area contributed by atoms with Crippen LogP contribution in [0.15, 0.2) is 77.8 Å². The fourth-order valence-corrected chi connectivity index (χ4v) is 4.58. The van der Waals surface area contributed by atoms with Gasteiger partial charge in [-0.05, 0) is 64.8 Å². The van der Waals surface area contributed by atoms with Gasteiger partial charge in [-0.15, -0.1) is 12.4 Å². The van der Waals surface area contributed by atoms with E-state index < -0.39 is 0 Å². The van der Waals surface area contributed by atoms with Gasteiger partial charge in [-0.2, -0.15) is 0 Å². The average molecular weight is 429 g/mol. The number of halogens is 1. The lowest BCUT2D eigenvalue weighted by atomic mass is 9.99. The highest BCUT2D eigenvalue weighted by Gasteiger charge is 2.22. The molecule has 1 aliphatic carbocycles. The van der Waals surface area contributed by atoms with Gasteiger partial charge in [-0.1, -0.05) is 79.2 Å². The van der Waals surface area contributed by atoms with Crippen LogP contribution in [0.1, 0.15) is 60.9 Å². The second-order valence-electron chi connectivity index (χ2n) is 8.32. The Hall–Kier alpha value is -2.84. The fourth-order valence-electron chi connectivity index (χ4n) is 4.58. The van der Waals surface area contributed by atoms with Gasteiger partial charge in [0.2, 0.25) is 0 Å². The number of benzene rings is 3. The molecule has 0 spiro atoms. The molecule has 0 fully saturated rings. The van der Waals surface area contributed by atoms with E-state index in [0.29, 0.717) is 0 Å². The molecule has 0 radical (unpaired) electrons. The Morgan fingerprint density at radius 3 is 2.03 bits per heavy atom. The van der Waals surface area contributed by atoms with Crippen molar-refractivity contribution in [2.24, 2.45) is 4.99 Å². The van der Waals surface area contributed by atoms with Crippen molar-refractivity contribution >= 4 is 29.9 Å². The zero-order chi connectivity index (χ0) is 20.3. The highest BCUT2D eigenvalue weighted by Crippen LogP contribution is 2.44. The summed E-state index contributed by atoms with van der Waals surface area (Å²) >= 11 is 0. The van der Waals surface area contributed by atoms with Gasteiger partial charge >= 0.3 is 0 Å². The molecule has 1 aliphatic heterocycles. The van der Waals surface area contributed by atoms with Crippen LogP contribution in [0.25, 0.3) is 22.8 Å². The van der Waals surface area contributed by atoms with Gasteiger partial charge in [-0.25, -0.2) is 0 Å². The highest BCUT2D eigenvalue weighted by molar-refractivity contribution is 6.06. The number of nitrogens with one attached hydrogen (secondary N) is 1. The van der Waals surface area contributed by atoms with Gasteiger partial charge in [-0.3, -0.25) is 4.99 Å². The predicted octanol–water partition coefficient (Wildman–Crippen LogP) is 7.30. The lowest BCUT2D eigenvalue weighted by Gasteiger charge is -2.17. The fraction of sp³-hybridized carbons (Fsp3) is 0.250. The minimum atomic E-state index is 0. The molecule has 1 N–H and O–H groups in total. The summed E-state index contributed by atoms with van der Waals surface area (Å²) in [5, 5.41) is 3.63. The van der Waals surface area contributed by atoms with Gasteiger partial charge in [0.25, 0.3) is 0 Å². The van der Waals surface area contributed by atoms with Gasteiger partial charge < -0.3 is 5.32 Å². The molecule has 0 saturated heterocycles. The second kappa shape index (κ2) is 9.53. The van der Waals surface area contributed by atoms with Crippen molar-refractivity contribution < 1.29 is 0 Å². The third-order valence-corrected chi connectivity index (χ3v) is 6.23. The number of hydrogen-bond donors (Lipinski definition) is 1. The highest BCUT2D eigenvalue weighted by atomic mass is 35.5. The molecule has 1 heterocycles. The van der Waals surface area contributed by atoms with Crippen molar-refractivity contribution in [1.82, 2.24) is 5.32 Å². The third-order valence-electron chi connectivity index (χ3n) is 6.23. The van der Waals surface area contributed by atoms with Crippen LogP contribution >= 0.6 is 12.4 Å². The monoisotopic (exact) mass is 428 g/mol. The van der Waals surface area contributed by atoms with Crippen molar-refractivity contribution in [2.45, 2.75) is 38.6 Å². The van der Waals surface area contributed by atoms with Crippen molar-refractivity contribution in [2.75, 3.05) is 6.54 Å². The first-order chi connectivity index (χ1) is 14.8. The molecular weight excluding hydrogens is 400 g/mol. The van der Waals surface area contributed by atoms with E-state index >= 15 is 0 Å². The van der Waals surface area contributed by atoms with E-state index in [1.54, 1.807) is 0 Å². The molecule has 3 heteroatoms. The van der Waals surface area contributed by atoms with Gasteiger partial charge in [0.15, 0.2) is 0 Å². The number of aliphatic imine (C=N–C) groups is 1. The number of hydrogen-bond acceptors (Lipinski definition) is 2. The molecule has 1 atom stereocenters. The molecular formula is C28H29ClN2. The first-order valence-electron chi connectivity index (χ1n) is 11.1. The smallest absolute Gasteiger partial charge is 0.0967 e. The van der Waals surface area contributed by atoms with Crippen LogP contribution in [0, 0.1) is 0 Å². The molecule has 31 heavy (non-hydrogen) atoms. The first kappa shape index (κ1) is 21.4. The Labute approximate surface area is 191 Å². The van der Waals surface area contributed by atoms with Crippen molar-refractivity contribution in [3.8, 4) is 11.1 Å². The Morgan fingerprint density at radius 1 is 0.774 bits per heavy atom. The Morgan fingerprint density at radius 2 is 1.39 bits per heavy atom. The summed E-state index contributed by atoms with van der Waals surface area (Å²) in [6.07, 6.45) is 7.15. The van der Waals surface area contributed by atoms with Gasteiger partial charge in [0.05, 0.1) is 5.84 Å². The molecule has 3 aromatic carbocycles. The molecule has 1 unspecified atom stereocenters. The summed E-state index contributed by atoms with van der Waals surface area (Å²) < 4.78 is 0. The number of rotatable bonds is 3. The summed E-state index contributed by atoms with van der Waals surface area (Å²) in [5.74, 6) is 1.17. The third kappa shape index (κ3) is 4.45. The van der Waals surface area contributed by atoms with Gasteiger partial charge in [0.1, 0.15) is 0 Å². The second-order valence-corrected chi connectivity index (χ2v) is 8.32. The van der Waals surface area contributed by atoms with Crippen molar-refractivity contribution in [3.63, 3.8) is 0 Å². The van der Waals surface area contributed by atoms with E-state index in [4.69, 9.17) is 4.99 Å². The van der Waals surface area contributed by atoms with E-state index in [9.17, 15) is 0 Å². The van der Waals surface area contributed by atoms with E-state index in [0.717, 1.165) is 13.0 Å². The van der Waals surface area contributed by atoms with E-state index in [1.807, 2.05) is 0 Å². The van der Waals surface area contributed by atoms with Crippen LogP contribution in [-0.4, -0.2) is 12.4 Å². The molecule has 158 valence electrons. The van der Waals surface area contributed by atoms with Crippen LogP contribution < -0.4 is 5.32 Å². The lowest BCUT2D eigenvalue weighted by molar-refractivity contribution is 0.693. The molecule has 0 aromatic heterocycles. The standard InChI is InChI=1S/C28H28N2.ClH/c1-20(30-28-13-3-2-8-18-29-28)22-16-14-21(15-17-22)19-27-25-11-6-4-9-23(25)24-10-5-7-12-26(24)27;/h4-7,9-12,14-17,19-20H,2-3,8,13,18H2,1H3,(H,29,30);1H. The first-order valence-corrected chi connectivity index (χ1v) is 11.1. The Kier molecular flexibility index (Phi) is 6.58. The largest absolute Gasteiger partial charge is 0.367 e. The minimum Gasteiger partial charge on any atom is -0.367 e. The molecule has 5 rings (SSSR count). The lowest BCUT2D eigenvalue weighted by Crippen LogP contribution is -2.26. The van der Waals surface area contributed by atoms with Gasteiger partial charge in [0, 0.05) is 19.0 Å². The van der Waals surface area contributed by atoms with Crippen molar-refractivity contribution in [3.05, 3.63) is 95.1 Å². The predicted molar refractivity (Wildman–Crippen MR) is 135 cm³/mol. The number of fused-ring (bicyclic) bond motifs is 3.